The van der Waals surface area contributed by atoms with Gasteiger partial charge >= 0.3 is 0 Å². The number of rotatable bonds is 2. The van der Waals surface area contributed by atoms with Crippen LogP contribution in [0, 0.1) is 6.92 Å². The third kappa shape index (κ3) is 1.91. The molecule has 2 aromatic rings. The maximum atomic E-state index is 6.01. The van der Waals surface area contributed by atoms with Crippen LogP contribution < -0.4 is 5.73 Å². The average molecular weight is 236 g/mol. The lowest BCUT2D eigenvalue weighted by molar-refractivity contribution is 0.619. The summed E-state index contributed by atoms with van der Waals surface area (Å²) in [5.41, 5.74) is 7.42. The largest absolute Gasteiger partial charge is 0.398 e. The van der Waals surface area contributed by atoms with Gasteiger partial charge in [0.05, 0.1) is 16.8 Å². The van der Waals surface area contributed by atoms with Crippen molar-refractivity contribution in [3.63, 3.8) is 0 Å². The van der Waals surface area contributed by atoms with Crippen LogP contribution in [0.2, 0.25) is 5.02 Å². The summed E-state index contributed by atoms with van der Waals surface area (Å²) >= 11 is 6.01. The number of hydrogen-bond acceptors (Lipinski definition) is 2. The number of anilines is 1. The van der Waals surface area contributed by atoms with Gasteiger partial charge in [0.25, 0.3) is 0 Å². The quantitative estimate of drug-likeness (QED) is 0.814. The van der Waals surface area contributed by atoms with E-state index in [0.717, 1.165) is 11.4 Å². The zero-order chi connectivity index (χ0) is 11.7. The minimum Gasteiger partial charge on any atom is -0.398 e. The molecule has 0 fully saturated rings. The number of halogens is 1. The summed E-state index contributed by atoms with van der Waals surface area (Å²) in [6.45, 7) is 4.09. The molecule has 1 aromatic carbocycles. The van der Waals surface area contributed by atoms with Gasteiger partial charge in [-0.15, -0.1) is 0 Å². The third-order valence-corrected chi connectivity index (χ3v) is 3.11. The Hall–Kier alpha value is -1.48. The standard InChI is InChI=1S/C12H14ClN3/c1-8(16-6-5-15-9(16)2)10-3-4-12(14)11(13)7-10/h3-8H,14H2,1-2H3/t8-/m0/s1. The molecule has 0 aliphatic rings. The van der Waals surface area contributed by atoms with E-state index < -0.39 is 0 Å². The molecule has 1 atom stereocenters. The zero-order valence-corrected chi connectivity index (χ0v) is 10.1. The molecule has 2 N–H and O–H groups in total. The van der Waals surface area contributed by atoms with Gasteiger partial charge in [-0.05, 0) is 31.5 Å². The van der Waals surface area contributed by atoms with Crippen molar-refractivity contribution >= 4 is 17.3 Å². The fourth-order valence-electron chi connectivity index (χ4n) is 1.76. The number of nitrogens with two attached hydrogens (primary N) is 1. The lowest BCUT2D eigenvalue weighted by Crippen LogP contribution is -2.07. The van der Waals surface area contributed by atoms with E-state index in [9.17, 15) is 0 Å². The topological polar surface area (TPSA) is 43.8 Å². The Morgan fingerprint density at radius 2 is 2.19 bits per heavy atom. The van der Waals surface area contributed by atoms with Crippen molar-refractivity contribution in [3.05, 3.63) is 47.0 Å². The number of imidazole rings is 1. The van der Waals surface area contributed by atoms with Crippen molar-refractivity contribution in [3.8, 4) is 0 Å². The van der Waals surface area contributed by atoms with Crippen LogP contribution in [0.15, 0.2) is 30.6 Å². The van der Waals surface area contributed by atoms with Crippen LogP contribution in [0.25, 0.3) is 0 Å². The normalized spacial score (nSPS) is 12.7. The van der Waals surface area contributed by atoms with E-state index in [1.54, 1.807) is 6.20 Å². The molecule has 0 saturated heterocycles. The third-order valence-electron chi connectivity index (χ3n) is 2.79. The second-order valence-electron chi connectivity index (χ2n) is 3.84. The molecule has 0 radical (unpaired) electrons. The van der Waals surface area contributed by atoms with Crippen molar-refractivity contribution in [2.45, 2.75) is 19.9 Å². The number of hydrogen-bond donors (Lipinski definition) is 1. The summed E-state index contributed by atoms with van der Waals surface area (Å²) in [4.78, 5) is 4.21. The van der Waals surface area contributed by atoms with Crippen LogP contribution in [0.3, 0.4) is 0 Å². The first-order valence-electron chi connectivity index (χ1n) is 5.14. The van der Waals surface area contributed by atoms with Crippen molar-refractivity contribution in [1.82, 2.24) is 9.55 Å². The summed E-state index contributed by atoms with van der Waals surface area (Å²) in [6, 6.07) is 5.94. The predicted octanol–water partition coefficient (Wildman–Crippen LogP) is 3.04. The van der Waals surface area contributed by atoms with Crippen molar-refractivity contribution in [2.24, 2.45) is 0 Å². The highest BCUT2D eigenvalue weighted by Crippen LogP contribution is 2.26. The van der Waals surface area contributed by atoms with Crippen LogP contribution >= 0.6 is 11.6 Å². The van der Waals surface area contributed by atoms with E-state index in [1.807, 2.05) is 31.3 Å². The number of aromatic nitrogens is 2. The molecule has 1 heterocycles. The molecule has 4 heteroatoms. The molecule has 84 valence electrons. The van der Waals surface area contributed by atoms with Gasteiger partial charge in [0.15, 0.2) is 0 Å². The van der Waals surface area contributed by atoms with Gasteiger partial charge in [0.1, 0.15) is 5.82 Å². The summed E-state index contributed by atoms with van der Waals surface area (Å²) in [5, 5.41) is 0.599. The molecule has 1 aromatic heterocycles. The SMILES string of the molecule is Cc1nccn1[C@@H](C)c1ccc(N)c(Cl)c1. The molecule has 0 aliphatic carbocycles. The monoisotopic (exact) mass is 235 g/mol. The maximum absolute atomic E-state index is 6.01. The van der Waals surface area contributed by atoms with E-state index in [4.69, 9.17) is 17.3 Å². The first-order chi connectivity index (χ1) is 7.59. The van der Waals surface area contributed by atoms with E-state index in [0.29, 0.717) is 10.7 Å². The first-order valence-corrected chi connectivity index (χ1v) is 5.51. The molecule has 2 rings (SSSR count). The van der Waals surface area contributed by atoms with E-state index in [1.165, 1.54) is 0 Å². The van der Waals surface area contributed by atoms with Crippen molar-refractivity contribution < 1.29 is 0 Å². The highest BCUT2D eigenvalue weighted by Gasteiger charge is 2.10. The van der Waals surface area contributed by atoms with E-state index in [-0.39, 0.29) is 6.04 Å². The van der Waals surface area contributed by atoms with Crippen LogP contribution in [-0.2, 0) is 0 Å². The predicted molar refractivity (Wildman–Crippen MR) is 66.6 cm³/mol. The Labute approximate surface area is 99.9 Å². The Morgan fingerprint density at radius 1 is 1.44 bits per heavy atom. The number of aryl methyl sites for hydroxylation is 1. The molecule has 0 amide bonds. The van der Waals surface area contributed by atoms with Gasteiger partial charge in [0, 0.05) is 12.4 Å². The minimum absolute atomic E-state index is 0.209. The molecular formula is C12H14ClN3. The fraction of sp³-hybridized carbons (Fsp3) is 0.250. The first kappa shape index (κ1) is 11.0. The second kappa shape index (κ2) is 4.18. The highest BCUT2D eigenvalue weighted by molar-refractivity contribution is 6.33. The Bertz CT molecular complexity index is 505. The van der Waals surface area contributed by atoms with Gasteiger partial charge in [-0.25, -0.2) is 4.98 Å². The number of nitrogen functional groups attached to an aromatic ring is 1. The molecule has 0 bridgehead atoms. The van der Waals surface area contributed by atoms with Gasteiger partial charge in [-0.1, -0.05) is 17.7 Å². The summed E-state index contributed by atoms with van der Waals surface area (Å²) in [5.74, 6) is 0.987. The lowest BCUT2D eigenvalue weighted by atomic mass is 10.1. The van der Waals surface area contributed by atoms with Gasteiger partial charge in [-0.2, -0.15) is 0 Å². The Balaban J connectivity index is 2.38. The van der Waals surface area contributed by atoms with Gasteiger partial charge < -0.3 is 10.3 Å². The highest BCUT2D eigenvalue weighted by atomic mass is 35.5. The summed E-state index contributed by atoms with van der Waals surface area (Å²) in [7, 11) is 0. The Kier molecular flexibility index (Phi) is 2.88. The number of nitrogens with zero attached hydrogens (tertiary/aromatic N) is 2. The van der Waals surface area contributed by atoms with Crippen molar-refractivity contribution in [1.29, 1.82) is 0 Å². The molecule has 0 saturated carbocycles. The van der Waals surface area contributed by atoms with Crippen molar-refractivity contribution in [2.75, 3.05) is 5.73 Å². The molecular weight excluding hydrogens is 222 g/mol. The Morgan fingerprint density at radius 3 is 2.75 bits per heavy atom. The van der Waals surface area contributed by atoms with Crippen LogP contribution in [0.4, 0.5) is 5.69 Å². The minimum atomic E-state index is 0.209. The maximum Gasteiger partial charge on any atom is 0.106 e. The molecule has 0 spiro atoms. The van der Waals surface area contributed by atoms with Crippen LogP contribution in [0.1, 0.15) is 24.4 Å². The van der Waals surface area contributed by atoms with Crippen LogP contribution in [0.5, 0.6) is 0 Å². The summed E-state index contributed by atoms with van der Waals surface area (Å²) < 4.78 is 2.10. The molecule has 3 nitrogen and oxygen atoms in total. The molecule has 16 heavy (non-hydrogen) atoms. The molecule has 0 unspecified atom stereocenters. The van der Waals surface area contributed by atoms with E-state index in [2.05, 4.69) is 16.5 Å². The van der Waals surface area contributed by atoms with Gasteiger partial charge in [0.2, 0.25) is 0 Å². The zero-order valence-electron chi connectivity index (χ0n) is 9.31. The van der Waals surface area contributed by atoms with E-state index >= 15 is 0 Å². The second-order valence-corrected chi connectivity index (χ2v) is 4.25. The smallest absolute Gasteiger partial charge is 0.106 e. The average Bonchev–Trinajstić information content (AvgIpc) is 2.67. The molecule has 0 aliphatic heterocycles. The van der Waals surface area contributed by atoms with Gasteiger partial charge in [-0.3, -0.25) is 0 Å². The fourth-order valence-corrected chi connectivity index (χ4v) is 1.95. The lowest BCUT2D eigenvalue weighted by Gasteiger charge is -2.16. The number of benzene rings is 1. The summed E-state index contributed by atoms with van der Waals surface area (Å²) in [6.07, 6.45) is 3.76. The van der Waals surface area contributed by atoms with Crippen LogP contribution in [-0.4, -0.2) is 9.55 Å².